The van der Waals surface area contributed by atoms with Crippen molar-refractivity contribution < 1.29 is 19.4 Å². The van der Waals surface area contributed by atoms with Crippen LogP contribution in [0.15, 0.2) is 18.2 Å². The van der Waals surface area contributed by atoms with Crippen LogP contribution >= 0.6 is 11.6 Å². The molecule has 1 N–H and O–H groups in total. The normalized spacial score (nSPS) is 19.9. The first-order chi connectivity index (χ1) is 9.65. The number of ether oxygens (including phenoxy) is 2. The van der Waals surface area contributed by atoms with E-state index in [9.17, 15) is 9.90 Å². The molecule has 1 fully saturated rings. The van der Waals surface area contributed by atoms with Gasteiger partial charge in [0, 0.05) is 12.1 Å². The predicted octanol–water partition coefficient (Wildman–Crippen LogP) is 1.22. The minimum Gasteiger partial charge on any atom is -0.495 e. The molecule has 5 nitrogen and oxygen atoms in total. The number of nitrogens with zero attached hydrogens (tertiary/aromatic N) is 1. The number of Topliss-reactive ketones (excluding diaryl/α,β-unsaturated/α-hetero) is 1. The molecule has 0 bridgehead atoms. The van der Waals surface area contributed by atoms with Crippen LogP contribution in [0.25, 0.3) is 0 Å². The quantitative estimate of drug-likeness (QED) is 0.829. The molecule has 0 saturated carbocycles. The lowest BCUT2D eigenvalue weighted by Crippen LogP contribution is -2.49. The van der Waals surface area contributed by atoms with Crippen LogP contribution in [0.3, 0.4) is 0 Å². The molecule has 1 aliphatic heterocycles. The van der Waals surface area contributed by atoms with E-state index in [0.717, 1.165) is 0 Å². The van der Waals surface area contributed by atoms with Crippen LogP contribution in [0.1, 0.15) is 10.4 Å². The summed E-state index contributed by atoms with van der Waals surface area (Å²) >= 11 is 6.02. The van der Waals surface area contributed by atoms with Crippen molar-refractivity contribution in [1.29, 1.82) is 0 Å². The minimum atomic E-state index is -0.124. The van der Waals surface area contributed by atoms with Crippen LogP contribution < -0.4 is 4.74 Å². The first-order valence-electron chi connectivity index (χ1n) is 6.45. The monoisotopic (exact) mass is 299 g/mol. The molecule has 1 aromatic carbocycles. The highest BCUT2D eigenvalue weighted by molar-refractivity contribution is 6.32. The second-order valence-electron chi connectivity index (χ2n) is 4.65. The van der Waals surface area contributed by atoms with Gasteiger partial charge in [-0.15, -0.1) is 0 Å². The number of hydrogen-bond donors (Lipinski definition) is 1. The van der Waals surface area contributed by atoms with E-state index < -0.39 is 0 Å². The molecule has 6 heteroatoms. The maximum Gasteiger partial charge on any atom is 0.176 e. The Morgan fingerprint density at radius 2 is 2.40 bits per heavy atom. The molecule has 110 valence electrons. The molecule has 0 aliphatic carbocycles. The Bertz CT molecular complexity index is 480. The van der Waals surface area contributed by atoms with Gasteiger partial charge in [-0.1, -0.05) is 11.6 Å². The molecule has 1 aliphatic rings. The lowest BCUT2D eigenvalue weighted by Gasteiger charge is -2.33. The third-order valence-corrected chi connectivity index (χ3v) is 3.68. The van der Waals surface area contributed by atoms with Crippen LogP contribution in [0, 0.1) is 0 Å². The van der Waals surface area contributed by atoms with Gasteiger partial charge < -0.3 is 14.6 Å². The number of rotatable bonds is 5. The number of carbonyl (C=O) groups is 1. The molecule has 1 atom stereocenters. The van der Waals surface area contributed by atoms with Crippen LogP contribution in [-0.2, 0) is 4.74 Å². The Kier molecular flexibility index (Phi) is 5.37. The van der Waals surface area contributed by atoms with E-state index in [1.54, 1.807) is 18.2 Å². The van der Waals surface area contributed by atoms with Gasteiger partial charge in [-0.3, -0.25) is 9.69 Å². The number of methoxy groups -OCH3 is 1. The predicted molar refractivity (Wildman–Crippen MR) is 75.6 cm³/mol. The van der Waals surface area contributed by atoms with E-state index in [0.29, 0.717) is 36.1 Å². The molecule has 2 rings (SSSR count). The summed E-state index contributed by atoms with van der Waals surface area (Å²) in [5.74, 6) is 0.512. The van der Waals surface area contributed by atoms with Crippen LogP contribution in [0.2, 0.25) is 5.02 Å². The van der Waals surface area contributed by atoms with E-state index in [1.807, 2.05) is 4.90 Å². The number of aliphatic hydroxyl groups excluding tert-OH is 1. The number of ketones is 1. The van der Waals surface area contributed by atoms with E-state index >= 15 is 0 Å². The number of halogens is 1. The molecule has 1 aromatic rings. The van der Waals surface area contributed by atoms with Crippen molar-refractivity contribution in [3.63, 3.8) is 0 Å². The summed E-state index contributed by atoms with van der Waals surface area (Å²) in [6.07, 6.45) is 0. The largest absolute Gasteiger partial charge is 0.495 e. The van der Waals surface area contributed by atoms with Crippen molar-refractivity contribution in [3.8, 4) is 5.75 Å². The van der Waals surface area contributed by atoms with Gasteiger partial charge in [0.05, 0.1) is 44.5 Å². The zero-order valence-electron chi connectivity index (χ0n) is 11.3. The number of hydrogen-bond acceptors (Lipinski definition) is 5. The smallest absolute Gasteiger partial charge is 0.176 e. The first kappa shape index (κ1) is 15.3. The minimum absolute atomic E-state index is 0.0172. The topological polar surface area (TPSA) is 59.0 Å². The maximum atomic E-state index is 12.3. The molecule has 20 heavy (non-hydrogen) atoms. The average molecular weight is 300 g/mol. The summed E-state index contributed by atoms with van der Waals surface area (Å²) in [5.41, 5.74) is 0.541. The highest BCUT2D eigenvalue weighted by Gasteiger charge is 2.24. The highest BCUT2D eigenvalue weighted by atomic mass is 35.5. The summed E-state index contributed by atoms with van der Waals surface area (Å²) in [4.78, 5) is 14.2. The van der Waals surface area contributed by atoms with Crippen molar-refractivity contribution in [3.05, 3.63) is 28.8 Å². The second-order valence-corrected chi connectivity index (χ2v) is 5.06. The lowest BCUT2D eigenvalue weighted by molar-refractivity contribution is -0.0240. The van der Waals surface area contributed by atoms with Gasteiger partial charge in [0.25, 0.3) is 0 Å². The van der Waals surface area contributed by atoms with Gasteiger partial charge in [0.2, 0.25) is 0 Å². The van der Waals surface area contributed by atoms with E-state index in [1.165, 1.54) is 7.11 Å². The Hall–Kier alpha value is -1.14. The molecule has 0 spiro atoms. The lowest BCUT2D eigenvalue weighted by atomic mass is 10.1. The molecule has 0 aromatic heterocycles. The van der Waals surface area contributed by atoms with Crippen molar-refractivity contribution in [2.45, 2.75) is 6.04 Å². The molecular weight excluding hydrogens is 282 g/mol. The fraction of sp³-hybridized carbons (Fsp3) is 0.500. The Morgan fingerprint density at radius 1 is 1.60 bits per heavy atom. The van der Waals surface area contributed by atoms with Crippen LogP contribution in [0.4, 0.5) is 0 Å². The standard InChI is InChI=1S/C14H18ClNO4/c1-19-14-3-2-10(6-12(14)15)13(18)7-16-4-5-20-9-11(16)8-17/h2-3,6,11,17H,4-5,7-9H2,1H3. The van der Waals surface area contributed by atoms with Gasteiger partial charge in [-0.25, -0.2) is 0 Å². The third-order valence-electron chi connectivity index (χ3n) is 3.38. The van der Waals surface area contributed by atoms with Crippen molar-refractivity contribution in [2.75, 3.05) is 40.0 Å². The molecule has 0 radical (unpaired) electrons. The molecule has 1 saturated heterocycles. The first-order valence-corrected chi connectivity index (χ1v) is 6.83. The zero-order chi connectivity index (χ0) is 14.5. The molecule has 1 heterocycles. The number of aliphatic hydroxyl groups is 1. The van der Waals surface area contributed by atoms with Gasteiger partial charge >= 0.3 is 0 Å². The zero-order valence-corrected chi connectivity index (χ0v) is 12.1. The Balaban J connectivity index is 2.05. The van der Waals surface area contributed by atoms with Crippen molar-refractivity contribution in [1.82, 2.24) is 4.90 Å². The fourth-order valence-electron chi connectivity index (χ4n) is 2.18. The summed E-state index contributed by atoms with van der Waals surface area (Å²) in [5, 5.41) is 9.70. The Morgan fingerprint density at radius 3 is 3.05 bits per heavy atom. The summed E-state index contributed by atoms with van der Waals surface area (Å²) < 4.78 is 10.4. The van der Waals surface area contributed by atoms with E-state index in [2.05, 4.69) is 0 Å². The Labute approximate surface area is 123 Å². The second kappa shape index (κ2) is 7.04. The summed E-state index contributed by atoms with van der Waals surface area (Å²) in [7, 11) is 1.53. The van der Waals surface area contributed by atoms with Gasteiger partial charge in [0.1, 0.15) is 5.75 Å². The molecular formula is C14H18ClNO4. The summed E-state index contributed by atoms with van der Waals surface area (Å²) in [6, 6.07) is 4.86. The maximum absolute atomic E-state index is 12.3. The number of benzene rings is 1. The van der Waals surface area contributed by atoms with Crippen LogP contribution in [-0.4, -0.2) is 61.9 Å². The van der Waals surface area contributed by atoms with Crippen molar-refractivity contribution >= 4 is 17.4 Å². The van der Waals surface area contributed by atoms with Gasteiger partial charge in [0.15, 0.2) is 5.78 Å². The van der Waals surface area contributed by atoms with E-state index in [4.69, 9.17) is 21.1 Å². The van der Waals surface area contributed by atoms with E-state index in [-0.39, 0.29) is 25.0 Å². The molecule has 0 amide bonds. The van der Waals surface area contributed by atoms with Crippen LogP contribution in [0.5, 0.6) is 5.75 Å². The number of morpholine rings is 1. The number of carbonyl (C=O) groups excluding carboxylic acids is 1. The van der Waals surface area contributed by atoms with Crippen molar-refractivity contribution in [2.24, 2.45) is 0 Å². The average Bonchev–Trinajstić information content (AvgIpc) is 2.47. The third kappa shape index (κ3) is 3.49. The highest BCUT2D eigenvalue weighted by Crippen LogP contribution is 2.25. The van der Waals surface area contributed by atoms with Gasteiger partial charge in [-0.05, 0) is 18.2 Å². The fourth-order valence-corrected chi connectivity index (χ4v) is 2.44. The summed E-state index contributed by atoms with van der Waals surface area (Å²) in [6.45, 7) is 1.90. The van der Waals surface area contributed by atoms with Gasteiger partial charge in [-0.2, -0.15) is 0 Å². The SMILES string of the molecule is COc1ccc(C(=O)CN2CCOCC2CO)cc1Cl. The molecule has 1 unspecified atom stereocenters.